The van der Waals surface area contributed by atoms with Crippen molar-refractivity contribution in [2.75, 3.05) is 0 Å². The van der Waals surface area contributed by atoms with Crippen LogP contribution in [0.5, 0.6) is 0 Å². The summed E-state index contributed by atoms with van der Waals surface area (Å²) < 4.78 is 0. The Morgan fingerprint density at radius 2 is 1.07 bits per heavy atom. The number of fused-ring (bicyclic) bond motifs is 3. The van der Waals surface area contributed by atoms with Crippen molar-refractivity contribution in [3.05, 3.63) is 0 Å². The van der Waals surface area contributed by atoms with Crippen molar-refractivity contribution < 1.29 is 0 Å². The Kier molecular flexibility index (Phi) is 2.53. The van der Waals surface area contributed by atoms with Gasteiger partial charge in [0.1, 0.15) is 0 Å². The van der Waals surface area contributed by atoms with E-state index in [0.717, 1.165) is 23.9 Å². The minimum absolute atomic E-state index is 0.908. The zero-order valence-electron chi connectivity index (χ0n) is 9.17. The summed E-state index contributed by atoms with van der Waals surface area (Å²) >= 11 is 0. The third kappa shape index (κ3) is 1.50. The topological polar surface area (TPSA) is 12.0 Å². The molecule has 4 unspecified atom stereocenters. The van der Waals surface area contributed by atoms with Gasteiger partial charge in [0.2, 0.25) is 0 Å². The van der Waals surface area contributed by atoms with E-state index >= 15 is 0 Å². The summed E-state index contributed by atoms with van der Waals surface area (Å²) in [6.07, 6.45) is 13.5. The average Bonchev–Trinajstić information content (AvgIpc) is 2.42. The van der Waals surface area contributed by atoms with E-state index in [4.69, 9.17) is 0 Å². The molecule has 0 aromatic carbocycles. The minimum Gasteiger partial charge on any atom is -0.311 e. The Labute approximate surface area is 87.7 Å². The van der Waals surface area contributed by atoms with Crippen LogP contribution < -0.4 is 5.32 Å². The van der Waals surface area contributed by atoms with Crippen LogP contribution in [0.2, 0.25) is 0 Å². The molecule has 1 aliphatic heterocycles. The van der Waals surface area contributed by atoms with Gasteiger partial charge < -0.3 is 5.32 Å². The Morgan fingerprint density at radius 3 is 1.79 bits per heavy atom. The maximum atomic E-state index is 3.93. The van der Waals surface area contributed by atoms with Crippen LogP contribution in [0.4, 0.5) is 0 Å². The van der Waals surface area contributed by atoms with Gasteiger partial charge in [0, 0.05) is 12.1 Å². The van der Waals surface area contributed by atoms with Crippen molar-refractivity contribution in [3.63, 3.8) is 0 Å². The summed E-state index contributed by atoms with van der Waals surface area (Å²) in [5.41, 5.74) is 0. The molecule has 1 saturated heterocycles. The smallest absolute Gasteiger partial charge is 0.0101 e. The van der Waals surface area contributed by atoms with E-state index in [-0.39, 0.29) is 0 Å². The van der Waals surface area contributed by atoms with Gasteiger partial charge in [0.05, 0.1) is 0 Å². The van der Waals surface area contributed by atoms with Crippen molar-refractivity contribution in [1.82, 2.24) is 5.32 Å². The second-order valence-corrected chi connectivity index (χ2v) is 5.63. The highest BCUT2D eigenvalue weighted by Gasteiger charge is 2.43. The van der Waals surface area contributed by atoms with Crippen LogP contribution in [0.1, 0.15) is 57.8 Å². The first-order valence-corrected chi connectivity index (χ1v) is 6.71. The molecule has 4 atom stereocenters. The van der Waals surface area contributed by atoms with E-state index in [9.17, 15) is 0 Å². The molecule has 2 aliphatic carbocycles. The lowest BCUT2D eigenvalue weighted by atomic mass is 9.77. The molecule has 14 heavy (non-hydrogen) atoms. The molecule has 0 amide bonds. The molecule has 1 heterocycles. The SMILES string of the molecule is C1CCC2NC3CCCCC3C2CC1. The lowest BCUT2D eigenvalue weighted by Gasteiger charge is -2.28. The second-order valence-electron chi connectivity index (χ2n) is 5.63. The standard InChI is InChI=1S/C13H23N/c1-2-6-10-11-7-4-5-9-13(11)14-12(10)8-3-1/h10-14H,1-9H2. The van der Waals surface area contributed by atoms with Gasteiger partial charge in [-0.3, -0.25) is 0 Å². The van der Waals surface area contributed by atoms with E-state index in [2.05, 4.69) is 5.32 Å². The van der Waals surface area contributed by atoms with Crippen molar-refractivity contribution in [3.8, 4) is 0 Å². The molecule has 0 bridgehead atoms. The van der Waals surface area contributed by atoms with E-state index in [1.165, 1.54) is 57.8 Å². The van der Waals surface area contributed by atoms with Crippen LogP contribution in [-0.4, -0.2) is 12.1 Å². The first kappa shape index (κ1) is 9.21. The van der Waals surface area contributed by atoms with Crippen LogP contribution in [-0.2, 0) is 0 Å². The Morgan fingerprint density at radius 1 is 0.571 bits per heavy atom. The Hall–Kier alpha value is -0.0400. The highest BCUT2D eigenvalue weighted by atomic mass is 15.0. The van der Waals surface area contributed by atoms with E-state index in [1.54, 1.807) is 0 Å². The summed E-state index contributed by atoms with van der Waals surface area (Å²) in [7, 11) is 0. The lowest BCUT2D eigenvalue weighted by Crippen LogP contribution is -2.33. The molecule has 2 saturated carbocycles. The summed E-state index contributed by atoms with van der Waals surface area (Å²) in [4.78, 5) is 0. The summed E-state index contributed by atoms with van der Waals surface area (Å²) in [6.45, 7) is 0. The quantitative estimate of drug-likeness (QED) is 0.623. The fraction of sp³-hybridized carbons (Fsp3) is 1.00. The number of hydrogen-bond acceptors (Lipinski definition) is 1. The molecule has 0 aromatic rings. The number of nitrogens with one attached hydrogen (secondary N) is 1. The molecule has 0 aromatic heterocycles. The molecule has 3 rings (SSSR count). The highest BCUT2D eigenvalue weighted by Crippen LogP contribution is 2.42. The first-order valence-electron chi connectivity index (χ1n) is 6.71. The first-order chi connectivity index (χ1) is 6.95. The van der Waals surface area contributed by atoms with Crippen molar-refractivity contribution in [2.24, 2.45) is 11.8 Å². The molecule has 1 nitrogen and oxygen atoms in total. The third-order valence-electron chi connectivity index (χ3n) is 4.87. The van der Waals surface area contributed by atoms with Gasteiger partial charge in [-0.2, -0.15) is 0 Å². The predicted molar refractivity (Wildman–Crippen MR) is 59.2 cm³/mol. The van der Waals surface area contributed by atoms with Crippen LogP contribution in [0.15, 0.2) is 0 Å². The van der Waals surface area contributed by atoms with E-state index < -0.39 is 0 Å². The molecular weight excluding hydrogens is 170 g/mol. The summed E-state index contributed by atoms with van der Waals surface area (Å²) in [5, 5.41) is 3.93. The van der Waals surface area contributed by atoms with Crippen molar-refractivity contribution in [2.45, 2.75) is 69.9 Å². The zero-order valence-corrected chi connectivity index (χ0v) is 9.17. The minimum atomic E-state index is 0.908. The highest BCUT2D eigenvalue weighted by molar-refractivity contribution is 4.99. The Bertz CT molecular complexity index is 201. The largest absolute Gasteiger partial charge is 0.311 e. The van der Waals surface area contributed by atoms with Gasteiger partial charge in [-0.1, -0.05) is 32.1 Å². The maximum Gasteiger partial charge on any atom is 0.0101 e. The molecule has 3 fully saturated rings. The molecular formula is C13H23N. The van der Waals surface area contributed by atoms with E-state index in [1.807, 2.05) is 0 Å². The van der Waals surface area contributed by atoms with Gasteiger partial charge in [-0.25, -0.2) is 0 Å². The monoisotopic (exact) mass is 193 g/mol. The van der Waals surface area contributed by atoms with Gasteiger partial charge >= 0.3 is 0 Å². The van der Waals surface area contributed by atoms with Gasteiger partial charge in [0.25, 0.3) is 0 Å². The predicted octanol–water partition coefficient (Wildman–Crippen LogP) is 3.10. The molecule has 80 valence electrons. The number of rotatable bonds is 0. The van der Waals surface area contributed by atoms with Crippen molar-refractivity contribution >= 4 is 0 Å². The van der Waals surface area contributed by atoms with Gasteiger partial charge in [-0.05, 0) is 37.5 Å². The fourth-order valence-corrected chi connectivity index (χ4v) is 4.21. The lowest BCUT2D eigenvalue weighted by molar-refractivity contribution is 0.257. The Balaban J connectivity index is 1.75. The van der Waals surface area contributed by atoms with Crippen LogP contribution in [0, 0.1) is 11.8 Å². The number of hydrogen-bond donors (Lipinski definition) is 1. The van der Waals surface area contributed by atoms with E-state index in [0.29, 0.717) is 0 Å². The molecule has 1 heteroatoms. The third-order valence-corrected chi connectivity index (χ3v) is 4.87. The van der Waals surface area contributed by atoms with Crippen LogP contribution in [0.25, 0.3) is 0 Å². The second kappa shape index (κ2) is 3.84. The average molecular weight is 193 g/mol. The molecule has 0 radical (unpaired) electrons. The normalized spacial score (nSPS) is 48.0. The van der Waals surface area contributed by atoms with Gasteiger partial charge in [-0.15, -0.1) is 0 Å². The fourth-order valence-electron chi connectivity index (χ4n) is 4.21. The molecule has 0 spiro atoms. The van der Waals surface area contributed by atoms with Crippen molar-refractivity contribution in [1.29, 1.82) is 0 Å². The van der Waals surface area contributed by atoms with Crippen LogP contribution >= 0.6 is 0 Å². The molecule has 3 aliphatic rings. The molecule has 1 N–H and O–H groups in total. The summed E-state index contributed by atoms with van der Waals surface area (Å²) in [6, 6.07) is 1.82. The van der Waals surface area contributed by atoms with Crippen LogP contribution in [0.3, 0.4) is 0 Å². The van der Waals surface area contributed by atoms with Gasteiger partial charge in [0.15, 0.2) is 0 Å². The summed E-state index contributed by atoms with van der Waals surface area (Å²) in [5.74, 6) is 2.12. The zero-order chi connectivity index (χ0) is 9.38. The maximum absolute atomic E-state index is 3.93.